The van der Waals surface area contributed by atoms with Gasteiger partial charge >= 0.3 is 0 Å². The molecule has 1 aromatic rings. The zero-order valence-electron chi connectivity index (χ0n) is 9.79. The monoisotopic (exact) mass is 227 g/mol. The van der Waals surface area contributed by atoms with Crippen LogP contribution in [0.25, 0.3) is 0 Å². The first-order valence-corrected chi connectivity index (χ1v) is 6.41. The van der Waals surface area contributed by atoms with Crippen LogP contribution in [-0.4, -0.2) is 17.3 Å². The van der Waals surface area contributed by atoms with Gasteiger partial charge in [0, 0.05) is 23.1 Å². The number of hydrogen-bond acceptors (Lipinski definition) is 3. The lowest BCUT2D eigenvalue weighted by Crippen LogP contribution is -2.43. The second kappa shape index (κ2) is 5.64. The fourth-order valence-electron chi connectivity index (χ4n) is 1.73. The fourth-order valence-corrected chi connectivity index (χ4v) is 2.46. The number of nitrogens with one attached hydrogen (secondary N) is 1. The zero-order chi connectivity index (χ0) is 11.3. The molecular formula is C12H21NOS. The summed E-state index contributed by atoms with van der Waals surface area (Å²) < 4.78 is 0. The molecule has 15 heavy (non-hydrogen) atoms. The Kier molecular flexibility index (Phi) is 4.77. The molecule has 86 valence electrons. The van der Waals surface area contributed by atoms with E-state index in [1.165, 1.54) is 4.88 Å². The normalized spacial score (nSPS) is 17.3. The maximum Gasteiger partial charge on any atom is 0.0448 e. The highest BCUT2D eigenvalue weighted by molar-refractivity contribution is 7.10. The summed E-state index contributed by atoms with van der Waals surface area (Å²) in [4.78, 5) is 1.35. The van der Waals surface area contributed by atoms with Gasteiger partial charge in [0.25, 0.3) is 0 Å². The van der Waals surface area contributed by atoms with Crippen LogP contribution in [0.1, 0.15) is 44.5 Å². The molecule has 1 aromatic heterocycles. The maximum absolute atomic E-state index is 9.04. The Morgan fingerprint density at radius 1 is 1.60 bits per heavy atom. The number of rotatable bonds is 6. The third-order valence-corrected chi connectivity index (χ3v) is 4.03. The summed E-state index contributed by atoms with van der Waals surface area (Å²) in [5, 5.41) is 14.7. The van der Waals surface area contributed by atoms with E-state index >= 15 is 0 Å². The minimum absolute atomic E-state index is 0.0398. The molecule has 0 amide bonds. The molecule has 0 bridgehead atoms. The van der Waals surface area contributed by atoms with Gasteiger partial charge in [0.15, 0.2) is 0 Å². The molecule has 1 rings (SSSR count). The molecule has 0 fully saturated rings. The molecule has 0 spiro atoms. The van der Waals surface area contributed by atoms with E-state index in [9.17, 15) is 0 Å². The predicted octanol–water partition coefficient (Wildman–Crippen LogP) is 2.95. The van der Waals surface area contributed by atoms with E-state index in [2.05, 4.69) is 43.6 Å². The maximum atomic E-state index is 9.04. The van der Waals surface area contributed by atoms with Crippen molar-refractivity contribution in [1.29, 1.82) is 0 Å². The van der Waals surface area contributed by atoms with Gasteiger partial charge in [0.05, 0.1) is 0 Å². The van der Waals surface area contributed by atoms with Gasteiger partial charge in [0.2, 0.25) is 0 Å². The molecule has 0 aliphatic rings. The molecule has 2 N–H and O–H groups in total. The Balaban J connectivity index is 2.59. The number of aliphatic hydroxyl groups excluding tert-OH is 1. The smallest absolute Gasteiger partial charge is 0.0448 e. The van der Waals surface area contributed by atoms with Crippen LogP contribution in [-0.2, 0) is 0 Å². The first-order valence-electron chi connectivity index (χ1n) is 5.53. The third kappa shape index (κ3) is 3.59. The molecule has 0 aliphatic heterocycles. The zero-order valence-corrected chi connectivity index (χ0v) is 10.6. The van der Waals surface area contributed by atoms with E-state index in [1.54, 1.807) is 11.3 Å². The molecule has 0 saturated carbocycles. The van der Waals surface area contributed by atoms with Crippen molar-refractivity contribution in [3.63, 3.8) is 0 Å². The number of thiophene rings is 1. The van der Waals surface area contributed by atoms with Crippen LogP contribution in [0.15, 0.2) is 17.5 Å². The van der Waals surface area contributed by atoms with Crippen molar-refractivity contribution in [2.45, 2.75) is 45.2 Å². The van der Waals surface area contributed by atoms with Gasteiger partial charge in [0.1, 0.15) is 0 Å². The van der Waals surface area contributed by atoms with E-state index in [0.717, 1.165) is 12.8 Å². The molecular weight excluding hydrogens is 206 g/mol. The molecule has 0 aliphatic carbocycles. The van der Waals surface area contributed by atoms with Gasteiger partial charge in [-0.3, -0.25) is 0 Å². The second-order valence-electron chi connectivity index (χ2n) is 4.27. The summed E-state index contributed by atoms with van der Waals surface area (Å²) in [6.07, 6.45) is 1.84. The van der Waals surface area contributed by atoms with Gasteiger partial charge < -0.3 is 10.4 Å². The van der Waals surface area contributed by atoms with Crippen molar-refractivity contribution >= 4 is 11.3 Å². The van der Waals surface area contributed by atoms with Crippen LogP contribution in [0, 0.1) is 0 Å². The average Bonchev–Trinajstić information content (AvgIpc) is 2.71. The highest BCUT2D eigenvalue weighted by Gasteiger charge is 2.23. The molecule has 3 heteroatoms. The summed E-state index contributed by atoms with van der Waals surface area (Å²) >= 11 is 1.78. The predicted molar refractivity (Wildman–Crippen MR) is 66.3 cm³/mol. The van der Waals surface area contributed by atoms with Crippen molar-refractivity contribution in [2.24, 2.45) is 0 Å². The Morgan fingerprint density at radius 3 is 2.80 bits per heavy atom. The van der Waals surface area contributed by atoms with E-state index < -0.39 is 0 Å². The SMILES string of the molecule is CCC(C)(CCO)NC(C)c1cccs1. The second-order valence-corrected chi connectivity index (χ2v) is 5.25. The lowest BCUT2D eigenvalue weighted by molar-refractivity contribution is 0.205. The highest BCUT2D eigenvalue weighted by atomic mass is 32.1. The van der Waals surface area contributed by atoms with Gasteiger partial charge in [-0.2, -0.15) is 0 Å². The largest absolute Gasteiger partial charge is 0.396 e. The highest BCUT2D eigenvalue weighted by Crippen LogP contribution is 2.24. The van der Waals surface area contributed by atoms with Crippen molar-refractivity contribution in [1.82, 2.24) is 5.32 Å². The summed E-state index contributed by atoms with van der Waals surface area (Å²) in [7, 11) is 0. The summed E-state index contributed by atoms with van der Waals surface area (Å²) in [5.74, 6) is 0. The first kappa shape index (κ1) is 12.7. The van der Waals surface area contributed by atoms with E-state index in [4.69, 9.17) is 5.11 Å². The van der Waals surface area contributed by atoms with Gasteiger partial charge in [-0.15, -0.1) is 11.3 Å². The minimum atomic E-state index is 0.0398. The molecule has 0 saturated heterocycles. The van der Waals surface area contributed by atoms with Gasteiger partial charge in [-0.25, -0.2) is 0 Å². The molecule has 2 unspecified atom stereocenters. The van der Waals surface area contributed by atoms with E-state index in [1.807, 2.05) is 0 Å². The number of aliphatic hydroxyl groups is 1. The van der Waals surface area contributed by atoms with Crippen LogP contribution in [0.4, 0.5) is 0 Å². The topological polar surface area (TPSA) is 32.3 Å². The Labute approximate surface area is 96.3 Å². The van der Waals surface area contributed by atoms with Crippen LogP contribution in [0.3, 0.4) is 0 Å². The molecule has 1 heterocycles. The Hall–Kier alpha value is -0.380. The lowest BCUT2D eigenvalue weighted by atomic mass is 9.93. The van der Waals surface area contributed by atoms with Gasteiger partial charge in [-0.1, -0.05) is 13.0 Å². The van der Waals surface area contributed by atoms with Crippen molar-refractivity contribution in [3.05, 3.63) is 22.4 Å². The van der Waals surface area contributed by atoms with Crippen LogP contribution < -0.4 is 5.32 Å². The average molecular weight is 227 g/mol. The molecule has 2 atom stereocenters. The third-order valence-electron chi connectivity index (χ3n) is 2.98. The summed E-state index contributed by atoms with van der Waals surface area (Å²) in [5.41, 5.74) is 0.0398. The standard InChI is InChI=1S/C12H21NOS/c1-4-12(3,7-8-14)13-10(2)11-6-5-9-15-11/h5-6,9-10,13-14H,4,7-8H2,1-3H3. The summed E-state index contributed by atoms with van der Waals surface area (Å²) in [6.45, 7) is 6.75. The quantitative estimate of drug-likeness (QED) is 0.783. The fraction of sp³-hybridized carbons (Fsp3) is 0.667. The van der Waals surface area contributed by atoms with Gasteiger partial charge in [-0.05, 0) is 38.1 Å². The van der Waals surface area contributed by atoms with Crippen LogP contribution >= 0.6 is 11.3 Å². The lowest BCUT2D eigenvalue weighted by Gasteiger charge is -2.32. The van der Waals surface area contributed by atoms with Crippen molar-refractivity contribution in [3.8, 4) is 0 Å². The number of hydrogen-bond donors (Lipinski definition) is 2. The van der Waals surface area contributed by atoms with Crippen LogP contribution in [0.5, 0.6) is 0 Å². The Morgan fingerprint density at radius 2 is 2.33 bits per heavy atom. The van der Waals surface area contributed by atoms with Crippen molar-refractivity contribution < 1.29 is 5.11 Å². The van der Waals surface area contributed by atoms with E-state index in [0.29, 0.717) is 6.04 Å². The Bertz CT molecular complexity index is 273. The van der Waals surface area contributed by atoms with Crippen molar-refractivity contribution in [2.75, 3.05) is 6.61 Å². The summed E-state index contributed by atoms with van der Waals surface area (Å²) in [6, 6.07) is 4.59. The van der Waals surface area contributed by atoms with Crippen LogP contribution in [0.2, 0.25) is 0 Å². The molecule has 0 radical (unpaired) electrons. The molecule has 2 nitrogen and oxygen atoms in total. The minimum Gasteiger partial charge on any atom is -0.396 e. The van der Waals surface area contributed by atoms with E-state index in [-0.39, 0.29) is 12.1 Å². The molecule has 0 aromatic carbocycles. The first-order chi connectivity index (χ1) is 7.11.